The maximum absolute atomic E-state index is 12.8. The van der Waals surface area contributed by atoms with Gasteiger partial charge in [0.1, 0.15) is 0 Å². The van der Waals surface area contributed by atoms with E-state index in [9.17, 15) is 21.6 Å². The molecule has 2 aromatic carbocycles. The van der Waals surface area contributed by atoms with E-state index in [1.165, 1.54) is 25.0 Å². The summed E-state index contributed by atoms with van der Waals surface area (Å²) in [6.45, 7) is 2.96. The molecule has 1 N–H and O–H groups in total. The Bertz CT molecular complexity index is 908. The van der Waals surface area contributed by atoms with E-state index in [-0.39, 0.29) is 12.1 Å². The zero-order valence-electron chi connectivity index (χ0n) is 15.4. The summed E-state index contributed by atoms with van der Waals surface area (Å²) < 4.78 is 65.7. The highest BCUT2D eigenvalue weighted by molar-refractivity contribution is 7.88. The number of halogens is 3. The predicted molar refractivity (Wildman–Crippen MR) is 102 cm³/mol. The van der Waals surface area contributed by atoms with E-state index in [2.05, 4.69) is 9.62 Å². The Morgan fingerprint density at radius 3 is 2.32 bits per heavy atom. The standard InChI is InChI=1S/C20H23F3N2O2S/c21-20(22,23)19-9-5-6-16(12-19)15-28(26,27)24-13-17-7-1-2-8-18(17)14-25-10-3-4-11-25/h1-2,5-9,12,24H,3-4,10-11,13-15H2. The highest BCUT2D eigenvalue weighted by Crippen LogP contribution is 2.29. The third-order valence-electron chi connectivity index (χ3n) is 4.80. The smallest absolute Gasteiger partial charge is 0.299 e. The van der Waals surface area contributed by atoms with Crippen molar-refractivity contribution >= 4 is 10.0 Å². The van der Waals surface area contributed by atoms with Gasteiger partial charge in [-0.15, -0.1) is 0 Å². The summed E-state index contributed by atoms with van der Waals surface area (Å²) in [6.07, 6.45) is -2.15. The number of hydrogen-bond donors (Lipinski definition) is 1. The van der Waals surface area contributed by atoms with Crippen molar-refractivity contribution in [2.75, 3.05) is 13.1 Å². The summed E-state index contributed by atoms with van der Waals surface area (Å²) >= 11 is 0. The molecular formula is C20H23F3N2O2S. The minimum absolute atomic E-state index is 0.104. The Labute approximate surface area is 163 Å². The van der Waals surface area contributed by atoms with E-state index >= 15 is 0 Å². The molecule has 1 aliphatic heterocycles. The molecule has 1 saturated heterocycles. The lowest BCUT2D eigenvalue weighted by Gasteiger charge is -2.18. The minimum atomic E-state index is -4.50. The first-order chi connectivity index (χ1) is 13.2. The number of alkyl halides is 3. The normalized spacial score (nSPS) is 15.8. The first-order valence-corrected chi connectivity index (χ1v) is 10.8. The van der Waals surface area contributed by atoms with E-state index < -0.39 is 27.5 Å². The van der Waals surface area contributed by atoms with Crippen LogP contribution >= 0.6 is 0 Å². The Morgan fingerprint density at radius 1 is 0.964 bits per heavy atom. The minimum Gasteiger partial charge on any atom is -0.299 e. The Morgan fingerprint density at radius 2 is 1.64 bits per heavy atom. The first kappa shape index (κ1) is 20.8. The molecule has 28 heavy (non-hydrogen) atoms. The Hall–Kier alpha value is -1.90. The molecule has 3 rings (SSSR count). The zero-order chi connectivity index (χ0) is 20.2. The van der Waals surface area contributed by atoms with Gasteiger partial charge in [0.25, 0.3) is 0 Å². The third-order valence-corrected chi connectivity index (χ3v) is 6.10. The van der Waals surface area contributed by atoms with Gasteiger partial charge in [-0.3, -0.25) is 4.90 Å². The molecule has 1 aliphatic rings. The predicted octanol–water partition coefficient (Wildman–Crippen LogP) is 3.92. The van der Waals surface area contributed by atoms with Crippen molar-refractivity contribution in [2.24, 2.45) is 0 Å². The largest absolute Gasteiger partial charge is 0.416 e. The monoisotopic (exact) mass is 412 g/mol. The molecule has 0 amide bonds. The van der Waals surface area contributed by atoms with Gasteiger partial charge in [0.2, 0.25) is 10.0 Å². The molecule has 4 nitrogen and oxygen atoms in total. The molecule has 0 aliphatic carbocycles. The fourth-order valence-electron chi connectivity index (χ4n) is 3.36. The third kappa shape index (κ3) is 5.80. The van der Waals surface area contributed by atoms with Crippen molar-refractivity contribution in [1.29, 1.82) is 0 Å². The highest BCUT2D eigenvalue weighted by Gasteiger charge is 2.30. The summed E-state index contributed by atoms with van der Waals surface area (Å²) in [5.74, 6) is -0.495. The number of benzene rings is 2. The quantitative estimate of drug-likeness (QED) is 0.750. The summed E-state index contributed by atoms with van der Waals surface area (Å²) in [6, 6.07) is 12.0. The van der Waals surface area contributed by atoms with Crippen LogP contribution < -0.4 is 4.72 Å². The van der Waals surface area contributed by atoms with Crippen LogP contribution in [0.25, 0.3) is 0 Å². The van der Waals surface area contributed by atoms with Crippen LogP contribution in [0.4, 0.5) is 13.2 Å². The summed E-state index contributed by atoms with van der Waals surface area (Å²) in [7, 11) is -3.77. The number of rotatable bonds is 7. The molecular weight excluding hydrogens is 389 g/mol. The molecule has 0 radical (unpaired) electrons. The van der Waals surface area contributed by atoms with E-state index in [1.54, 1.807) is 0 Å². The van der Waals surface area contributed by atoms with E-state index in [0.717, 1.165) is 42.9 Å². The van der Waals surface area contributed by atoms with Gasteiger partial charge < -0.3 is 0 Å². The number of sulfonamides is 1. The van der Waals surface area contributed by atoms with Crippen molar-refractivity contribution in [3.05, 3.63) is 70.8 Å². The molecule has 1 heterocycles. The van der Waals surface area contributed by atoms with Gasteiger partial charge >= 0.3 is 6.18 Å². The second-order valence-electron chi connectivity index (χ2n) is 7.03. The van der Waals surface area contributed by atoms with Crippen molar-refractivity contribution in [2.45, 2.75) is 37.9 Å². The van der Waals surface area contributed by atoms with Crippen LogP contribution in [0.5, 0.6) is 0 Å². The van der Waals surface area contributed by atoms with Crippen LogP contribution in [0.2, 0.25) is 0 Å². The number of nitrogens with one attached hydrogen (secondary N) is 1. The molecule has 0 atom stereocenters. The van der Waals surface area contributed by atoms with Gasteiger partial charge in [-0.2, -0.15) is 13.2 Å². The van der Waals surface area contributed by atoms with Crippen molar-refractivity contribution in [1.82, 2.24) is 9.62 Å². The van der Waals surface area contributed by atoms with Crippen LogP contribution in [0.1, 0.15) is 35.1 Å². The SMILES string of the molecule is O=S(=O)(Cc1cccc(C(F)(F)F)c1)NCc1ccccc1CN1CCCC1. The molecule has 0 spiro atoms. The number of hydrogen-bond acceptors (Lipinski definition) is 3. The molecule has 0 aromatic heterocycles. The summed E-state index contributed by atoms with van der Waals surface area (Å²) in [4.78, 5) is 2.33. The Kier molecular flexibility index (Phi) is 6.42. The van der Waals surface area contributed by atoms with Gasteiger partial charge in [-0.25, -0.2) is 13.1 Å². The van der Waals surface area contributed by atoms with E-state index in [4.69, 9.17) is 0 Å². The zero-order valence-corrected chi connectivity index (χ0v) is 16.2. The average molecular weight is 412 g/mol. The lowest BCUT2D eigenvalue weighted by atomic mass is 10.1. The van der Waals surface area contributed by atoms with Crippen LogP contribution in [-0.4, -0.2) is 26.4 Å². The maximum Gasteiger partial charge on any atom is 0.416 e. The second-order valence-corrected chi connectivity index (χ2v) is 8.84. The molecule has 0 saturated carbocycles. The molecule has 2 aromatic rings. The van der Waals surface area contributed by atoms with Crippen LogP contribution in [0.15, 0.2) is 48.5 Å². The summed E-state index contributed by atoms with van der Waals surface area (Å²) in [5, 5.41) is 0. The molecule has 0 bridgehead atoms. The first-order valence-electron chi connectivity index (χ1n) is 9.15. The second kappa shape index (κ2) is 8.63. The number of nitrogens with zero attached hydrogens (tertiary/aromatic N) is 1. The Balaban J connectivity index is 1.66. The van der Waals surface area contributed by atoms with Crippen LogP contribution in [0, 0.1) is 0 Å². The average Bonchev–Trinajstić information content (AvgIpc) is 3.13. The van der Waals surface area contributed by atoms with Gasteiger partial charge in [0.15, 0.2) is 0 Å². The lowest BCUT2D eigenvalue weighted by Crippen LogP contribution is -2.26. The highest BCUT2D eigenvalue weighted by atomic mass is 32.2. The van der Waals surface area contributed by atoms with Crippen molar-refractivity contribution in [3.63, 3.8) is 0 Å². The molecule has 0 unspecified atom stereocenters. The lowest BCUT2D eigenvalue weighted by molar-refractivity contribution is -0.137. The van der Waals surface area contributed by atoms with Gasteiger partial charge in [0, 0.05) is 13.1 Å². The maximum atomic E-state index is 12.8. The number of likely N-dealkylation sites (tertiary alicyclic amines) is 1. The van der Waals surface area contributed by atoms with Crippen LogP contribution in [0.3, 0.4) is 0 Å². The van der Waals surface area contributed by atoms with E-state index in [1.807, 2.05) is 24.3 Å². The topological polar surface area (TPSA) is 49.4 Å². The van der Waals surface area contributed by atoms with Crippen molar-refractivity contribution < 1.29 is 21.6 Å². The van der Waals surface area contributed by atoms with E-state index in [0.29, 0.717) is 0 Å². The fraction of sp³-hybridized carbons (Fsp3) is 0.400. The van der Waals surface area contributed by atoms with Crippen molar-refractivity contribution in [3.8, 4) is 0 Å². The van der Waals surface area contributed by atoms with Gasteiger partial charge in [-0.05, 0) is 48.7 Å². The van der Waals surface area contributed by atoms with Gasteiger partial charge in [0.05, 0.1) is 11.3 Å². The molecule has 152 valence electrons. The molecule has 8 heteroatoms. The summed E-state index contributed by atoms with van der Waals surface area (Å²) in [5.41, 5.74) is 1.19. The van der Waals surface area contributed by atoms with Gasteiger partial charge in [-0.1, -0.05) is 42.5 Å². The fourth-order valence-corrected chi connectivity index (χ4v) is 4.46. The van der Waals surface area contributed by atoms with Crippen LogP contribution in [-0.2, 0) is 35.0 Å². The molecule has 1 fully saturated rings.